The summed E-state index contributed by atoms with van der Waals surface area (Å²) in [6.45, 7) is 0. The Morgan fingerprint density at radius 1 is 1.54 bits per heavy atom. The smallest absolute Gasteiger partial charge is 0.526 e. The lowest BCUT2D eigenvalue weighted by Crippen LogP contribution is -2.25. The molecule has 1 aromatic rings. The van der Waals surface area contributed by atoms with Gasteiger partial charge in [-0.05, 0) is 36.1 Å². The first kappa shape index (κ1) is 7.89. The zero-order chi connectivity index (χ0) is 9.00. The molecule has 1 saturated carbocycles. The van der Waals surface area contributed by atoms with Crippen molar-refractivity contribution in [3.63, 3.8) is 0 Å². The van der Waals surface area contributed by atoms with Gasteiger partial charge in [0.15, 0.2) is 0 Å². The highest BCUT2D eigenvalue weighted by molar-refractivity contribution is 9.10. The molecule has 1 aliphatic heterocycles. The van der Waals surface area contributed by atoms with E-state index in [-0.39, 0.29) is 0 Å². The topological polar surface area (TPSA) is 29.5 Å². The van der Waals surface area contributed by atoms with E-state index in [1.165, 1.54) is 5.56 Å². The third kappa shape index (κ3) is 1.12. The van der Waals surface area contributed by atoms with E-state index in [9.17, 15) is 5.02 Å². The van der Waals surface area contributed by atoms with Crippen molar-refractivity contribution in [2.75, 3.05) is 0 Å². The van der Waals surface area contributed by atoms with Crippen molar-refractivity contribution in [3.05, 3.63) is 28.2 Å². The second-order valence-electron chi connectivity index (χ2n) is 3.70. The SMILES string of the molecule is OB1Oc2ccc(Br)cc2C2CC12. The Balaban J connectivity index is 2.10. The molecule has 2 aliphatic rings. The first-order valence-corrected chi connectivity index (χ1v) is 5.19. The Labute approximate surface area is 85.2 Å². The van der Waals surface area contributed by atoms with Gasteiger partial charge in [0.2, 0.25) is 0 Å². The minimum absolute atomic E-state index is 0.335. The molecule has 2 unspecified atom stereocenters. The van der Waals surface area contributed by atoms with E-state index in [0.29, 0.717) is 11.7 Å². The van der Waals surface area contributed by atoms with Crippen LogP contribution >= 0.6 is 15.9 Å². The summed E-state index contributed by atoms with van der Waals surface area (Å²) >= 11 is 3.43. The highest BCUT2D eigenvalue weighted by Gasteiger charge is 2.53. The van der Waals surface area contributed by atoms with Gasteiger partial charge in [-0.1, -0.05) is 15.9 Å². The van der Waals surface area contributed by atoms with Crippen molar-refractivity contribution in [1.82, 2.24) is 0 Å². The Hall–Kier alpha value is -0.475. The van der Waals surface area contributed by atoms with Gasteiger partial charge in [-0.3, -0.25) is 0 Å². The molecule has 1 N–H and O–H groups in total. The van der Waals surface area contributed by atoms with E-state index in [0.717, 1.165) is 16.6 Å². The van der Waals surface area contributed by atoms with Crippen molar-refractivity contribution < 1.29 is 9.68 Å². The van der Waals surface area contributed by atoms with Crippen molar-refractivity contribution in [3.8, 4) is 5.75 Å². The first-order valence-electron chi connectivity index (χ1n) is 4.40. The number of hydrogen-bond donors (Lipinski definition) is 1. The first-order chi connectivity index (χ1) is 6.25. The van der Waals surface area contributed by atoms with E-state index in [4.69, 9.17) is 4.65 Å². The van der Waals surface area contributed by atoms with Crippen LogP contribution in [0.2, 0.25) is 5.82 Å². The van der Waals surface area contributed by atoms with Crippen molar-refractivity contribution in [2.45, 2.75) is 18.2 Å². The van der Waals surface area contributed by atoms with Gasteiger partial charge < -0.3 is 9.68 Å². The maximum absolute atomic E-state index is 9.50. The molecule has 66 valence electrons. The fourth-order valence-corrected chi connectivity index (χ4v) is 2.40. The monoisotopic (exact) mass is 238 g/mol. The fourth-order valence-electron chi connectivity index (χ4n) is 2.02. The summed E-state index contributed by atoms with van der Waals surface area (Å²) in [5.41, 5.74) is 1.24. The fraction of sp³-hybridized carbons (Fsp3) is 0.333. The average Bonchev–Trinajstić information content (AvgIpc) is 2.86. The third-order valence-corrected chi connectivity index (χ3v) is 3.32. The van der Waals surface area contributed by atoms with Gasteiger partial charge in [-0.2, -0.15) is 0 Å². The normalized spacial score (nSPS) is 28.9. The van der Waals surface area contributed by atoms with Crippen molar-refractivity contribution >= 4 is 23.0 Å². The van der Waals surface area contributed by atoms with Crippen molar-refractivity contribution in [2.24, 2.45) is 0 Å². The number of hydrogen-bond acceptors (Lipinski definition) is 2. The molecule has 1 fully saturated rings. The standard InChI is InChI=1S/C9H8BBrO2/c11-5-1-2-9-7(3-5)6-4-8(6)10(12)13-9/h1-3,6,8,12H,4H2. The van der Waals surface area contributed by atoms with E-state index in [1.807, 2.05) is 12.1 Å². The molecule has 13 heavy (non-hydrogen) atoms. The Morgan fingerprint density at radius 2 is 2.38 bits per heavy atom. The molecule has 0 saturated heterocycles. The zero-order valence-electron chi connectivity index (χ0n) is 6.90. The number of benzene rings is 1. The Kier molecular flexibility index (Phi) is 1.53. The summed E-state index contributed by atoms with van der Waals surface area (Å²) in [7, 11) is -0.585. The summed E-state index contributed by atoms with van der Waals surface area (Å²) in [6.07, 6.45) is 1.06. The van der Waals surface area contributed by atoms with E-state index in [2.05, 4.69) is 22.0 Å². The summed E-state index contributed by atoms with van der Waals surface area (Å²) in [4.78, 5) is 0. The quantitative estimate of drug-likeness (QED) is 0.703. The van der Waals surface area contributed by atoms with Crippen LogP contribution in [0.25, 0.3) is 0 Å². The largest absolute Gasteiger partial charge is 0.536 e. The highest BCUT2D eigenvalue weighted by atomic mass is 79.9. The van der Waals surface area contributed by atoms with Crippen LogP contribution in [0.4, 0.5) is 0 Å². The lowest BCUT2D eigenvalue weighted by Gasteiger charge is -2.18. The van der Waals surface area contributed by atoms with Gasteiger partial charge in [-0.25, -0.2) is 0 Å². The molecule has 1 heterocycles. The molecule has 4 heteroatoms. The second kappa shape index (κ2) is 2.52. The molecule has 0 bridgehead atoms. The predicted molar refractivity (Wildman–Crippen MR) is 53.9 cm³/mol. The van der Waals surface area contributed by atoms with Gasteiger partial charge in [0.05, 0.1) is 0 Å². The van der Waals surface area contributed by atoms with Gasteiger partial charge in [0.25, 0.3) is 0 Å². The summed E-state index contributed by atoms with van der Waals surface area (Å²) in [6, 6.07) is 5.94. The second-order valence-corrected chi connectivity index (χ2v) is 4.61. The lowest BCUT2D eigenvalue weighted by atomic mass is 9.77. The van der Waals surface area contributed by atoms with Crippen LogP contribution in [0.1, 0.15) is 17.9 Å². The molecule has 1 aliphatic carbocycles. The highest BCUT2D eigenvalue weighted by Crippen LogP contribution is 2.59. The number of rotatable bonds is 0. The lowest BCUT2D eigenvalue weighted by molar-refractivity contribution is 0.399. The minimum Gasteiger partial charge on any atom is -0.536 e. The van der Waals surface area contributed by atoms with E-state index < -0.39 is 7.12 Å². The van der Waals surface area contributed by atoms with Crippen LogP contribution < -0.4 is 4.65 Å². The molecular weight excluding hydrogens is 231 g/mol. The molecule has 3 rings (SSSR count). The Bertz CT molecular complexity index is 369. The van der Waals surface area contributed by atoms with Crippen molar-refractivity contribution in [1.29, 1.82) is 0 Å². The van der Waals surface area contributed by atoms with Crippen LogP contribution in [-0.4, -0.2) is 12.1 Å². The summed E-state index contributed by atoms with van der Waals surface area (Å²) in [5, 5.41) is 9.50. The predicted octanol–water partition coefficient (Wildman–Crippen LogP) is 2.18. The molecule has 0 amide bonds. The zero-order valence-corrected chi connectivity index (χ0v) is 8.49. The minimum atomic E-state index is -0.585. The van der Waals surface area contributed by atoms with Gasteiger partial charge in [-0.15, -0.1) is 0 Å². The molecule has 0 aromatic heterocycles. The van der Waals surface area contributed by atoms with Crippen LogP contribution in [0.15, 0.2) is 22.7 Å². The molecule has 0 spiro atoms. The summed E-state index contributed by atoms with van der Waals surface area (Å²) < 4.78 is 6.46. The molecule has 0 radical (unpaired) electrons. The van der Waals surface area contributed by atoms with E-state index >= 15 is 0 Å². The van der Waals surface area contributed by atoms with Crippen LogP contribution in [0, 0.1) is 0 Å². The maximum Gasteiger partial charge on any atom is 0.526 e. The Morgan fingerprint density at radius 3 is 3.23 bits per heavy atom. The number of fused-ring (bicyclic) bond motifs is 3. The van der Waals surface area contributed by atoms with Crippen LogP contribution in [0.5, 0.6) is 5.75 Å². The summed E-state index contributed by atoms with van der Waals surface area (Å²) in [5.74, 6) is 1.70. The van der Waals surface area contributed by atoms with Crippen LogP contribution in [0.3, 0.4) is 0 Å². The maximum atomic E-state index is 9.50. The van der Waals surface area contributed by atoms with E-state index in [1.54, 1.807) is 0 Å². The van der Waals surface area contributed by atoms with Gasteiger partial charge in [0.1, 0.15) is 5.75 Å². The number of halogens is 1. The molecular formula is C9H8BBrO2. The molecule has 1 aromatic carbocycles. The molecule has 2 nitrogen and oxygen atoms in total. The van der Waals surface area contributed by atoms with Gasteiger partial charge >= 0.3 is 7.12 Å². The third-order valence-electron chi connectivity index (χ3n) is 2.83. The van der Waals surface area contributed by atoms with Gasteiger partial charge in [0, 0.05) is 10.3 Å². The van der Waals surface area contributed by atoms with Crippen LogP contribution in [-0.2, 0) is 0 Å². The average molecular weight is 239 g/mol. The molecule has 2 atom stereocenters.